The summed E-state index contributed by atoms with van der Waals surface area (Å²) in [4.78, 5) is 27.5. The normalized spacial score (nSPS) is 11.4. The maximum Gasteiger partial charge on any atom is 0.253 e. The number of hydrogen-bond acceptors (Lipinski definition) is 5. The molecule has 0 spiro atoms. The molecule has 9 heteroatoms. The van der Waals surface area contributed by atoms with Gasteiger partial charge >= 0.3 is 0 Å². The van der Waals surface area contributed by atoms with Gasteiger partial charge in [0.15, 0.2) is 0 Å². The number of nitrogens with one attached hydrogen (secondary N) is 2. The summed E-state index contributed by atoms with van der Waals surface area (Å²) in [6.45, 7) is 7.10. The summed E-state index contributed by atoms with van der Waals surface area (Å²) in [7, 11) is 0. The van der Waals surface area contributed by atoms with Crippen LogP contribution in [-0.2, 0) is 6.54 Å². The Balaban J connectivity index is 2.32. The number of rotatable bonds is 4. The Bertz CT molecular complexity index is 967. The van der Waals surface area contributed by atoms with E-state index in [-0.39, 0.29) is 18.0 Å². The van der Waals surface area contributed by atoms with Crippen LogP contribution in [0.25, 0.3) is 0 Å². The fourth-order valence-electron chi connectivity index (χ4n) is 2.75. The molecule has 0 unspecified atom stereocenters. The highest BCUT2D eigenvalue weighted by molar-refractivity contribution is 6.31. The van der Waals surface area contributed by atoms with Gasteiger partial charge in [0.05, 0.1) is 5.69 Å². The van der Waals surface area contributed by atoms with Crippen molar-refractivity contribution in [1.29, 1.82) is 0 Å². The fraction of sp³-hybridized carbons (Fsp3) is 0.278. The van der Waals surface area contributed by atoms with Gasteiger partial charge in [-0.15, -0.1) is 0 Å². The minimum atomic E-state index is -0.369. The SMILES string of the molecule is C/C(=N/N)N(N)c1cc(Cl)cc(C(=O)NCc2c(C)cc(C)[nH]c2=O)c1C. The van der Waals surface area contributed by atoms with Gasteiger partial charge in [0.25, 0.3) is 11.5 Å². The number of aryl methyl sites for hydroxylation is 2. The van der Waals surface area contributed by atoms with E-state index >= 15 is 0 Å². The van der Waals surface area contributed by atoms with E-state index in [0.717, 1.165) is 11.3 Å². The molecule has 27 heavy (non-hydrogen) atoms. The lowest BCUT2D eigenvalue weighted by Gasteiger charge is -2.21. The van der Waals surface area contributed by atoms with E-state index < -0.39 is 0 Å². The highest BCUT2D eigenvalue weighted by Crippen LogP contribution is 2.27. The molecular weight excluding hydrogens is 368 g/mol. The number of carbonyl (C=O) groups excluding carboxylic acids is 1. The molecule has 0 radical (unpaired) electrons. The molecule has 0 fully saturated rings. The molecule has 1 amide bonds. The van der Waals surface area contributed by atoms with Crippen molar-refractivity contribution in [2.45, 2.75) is 34.2 Å². The van der Waals surface area contributed by atoms with Crippen molar-refractivity contribution in [3.05, 3.63) is 61.5 Å². The summed E-state index contributed by atoms with van der Waals surface area (Å²) < 4.78 is 0. The molecule has 0 bridgehead atoms. The number of amidine groups is 1. The quantitative estimate of drug-likeness (QED) is 0.274. The van der Waals surface area contributed by atoms with E-state index in [2.05, 4.69) is 15.4 Å². The molecular formula is C18H23ClN6O2. The number of aromatic amines is 1. The van der Waals surface area contributed by atoms with E-state index in [0.29, 0.717) is 33.2 Å². The van der Waals surface area contributed by atoms with Gasteiger partial charge in [-0.05, 0) is 57.0 Å². The first kappa shape index (κ1) is 20.5. The lowest BCUT2D eigenvalue weighted by Crippen LogP contribution is -2.37. The predicted molar refractivity (Wildman–Crippen MR) is 108 cm³/mol. The molecule has 0 aliphatic carbocycles. The first-order chi connectivity index (χ1) is 12.6. The van der Waals surface area contributed by atoms with Crippen LogP contribution in [-0.4, -0.2) is 16.7 Å². The molecule has 0 aliphatic rings. The third kappa shape index (κ3) is 4.47. The number of pyridine rings is 1. The van der Waals surface area contributed by atoms with Crippen LogP contribution < -0.4 is 27.6 Å². The van der Waals surface area contributed by atoms with Gasteiger partial charge in [0.1, 0.15) is 5.84 Å². The van der Waals surface area contributed by atoms with E-state index in [9.17, 15) is 9.59 Å². The molecule has 8 nitrogen and oxygen atoms in total. The van der Waals surface area contributed by atoms with Crippen molar-refractivity contribution in [2.24, 2.45) is 16.8 Å². The molecule has 1 heterocycles. The molecule has 2 rings (SSSR count). The fourth-order valence-corrected chi connectivity index (χ4v) is 2.96. The van der Waals surface area contributed by atoms with E-state index in [4.69, 9.17) is 23.3 Å². The number of hydrazone groups is 1. The van der Waals surface area contributed by atoms with Crippen molar-refractivity contribution in [2.75, 3.05) is 5.01 Å². The maximum absolute atomic E-state index is 12.7. The summed E-state index contributed by atoms with van der Waals surface area (Å²) in [5, 5.41) is 7.91. The Morgan fingerprint density at radius 3 is 2.56 bits per heavy atom. The van der Waals surface area contributed by atoms with Gasteiger partial charge in [-0.1, -0.05) is 11.6 Å². The Kier molecular flexibility index (Phi) is 6.24. The first-order valence-electron chi connectivity index (χ1n) is 8.22. The topological polar surface area (TPSA) is 130 Å². The van der Waals surface area contributed by atoms with Crippen molar-refractivity contribution in [3.63, 3.8) is 0 Å². The number of nitrogens with two attached hydrogens (primary N) is 2. The summed E-state index contributed by atoms with van der Waals surface area (Å²) in [6, 6.07) is 5.02. The molecule has 6 N–H and O–H groups in total. The van der Waals surface area contributed by atoms with Crippen LogP contribution in [0.5, 0.6) is 0 Å². The number of nitrogens with zero attached hydrogens (tertiary/aromatic N) is 2. The van der Waals surface area contributed by atoms with Crippen LogP contribution in [0.1, 0.15) is 39.7 Å². The summed E-state index contributed by atoms with van der Waals surface area (Å²) in [6.07, 6.45) is 0. The van der Waals surface area contributed by atoms with Crippen molar-refractivity contribution in [1.82, 2.24) is 10.3 Å². The van der Waals surface area contributed by atoms with Crippen LogP contribution in [0.2, 0.25) is 5.02 Å². The average molecular weight is 391 g/mol. The minimum Gasteiger partial charge on any atom is -0.348 e. The van der Waals surface area contributed by atoms with Crippen LogP contribution in [0.15, 0.2) is 28.1 Å². The van der Waals surface area contributed by atoms with Crippen molar-refractivity contribution in [3.8, 4) is 0 Å². The van der Waals surface area contributed by atoms with Gasteiger partial charge in [-0.2, -0.15) is 5.10 Å². The Labute approximate surface area is 162 Å². The van der Waals surface area contributed by atoms with E-state index in [1.54, 1.807) is 32.9 Å². The number of halogens is 1. The highest BCUT2D eigenvalue weighted by atomic mass is 35.5. The van der Waals surface area contributed by atoms with Gasteiger partial charge in [0, 0.05) is 28.4 Å². The van der Waals surface area contributed by atoms with Gasteiger partial charge in [-0.3, -0.25) is 14.6 Å². The third-order valence-electron chi connectivity index (χ3n) is 4.30. The summed E-state index contributed by atoms with van der Waals surface area (Å²) >= 11 is 6.15. The molecule has 0 atom stereocenters. The number of benzene rings is 1. The zero-order valence-corrected chi connectivity index (χ0v) is 16.4. The second-order valence-corrected chi connectivity index (χ2v) is 6.71. The van der Waals surface area contributed by atoms with Crippen LogP contribution in [0.4, 0.5) is 5.69 Å². The Morgan fingerprint density at radius 2 is 1.96 bits per heavy atom. The molecule has 1 aromatic heterocycles. The Hall–Kier alpha value is -2.84. The predicted octanol–water partition coefficient (Wildman–Crippen LogP) is 1.86. The maximum atomic E-state index is 12.7. The number of aromatic nitrogens is 1. The van der Waals surface area contributed by atoms with Crippen molar-refractivity contribution >= 4 is 29.0 Å². The first-order valence-corrected chi connectivity index (χ1v) is 8.60. The standard InChI is InChI=1S/C18H23ClN6O2/c1-9-5-10(2)23-18(27)15(9)8-22-17(26)14-6-13(19)7-16(11(14)3)25(21)12(4)24-20/h5-7H,8,20-21H2,1-4H3,(H,22,26)(H,23,27)/b24-12-. The molecule has 0 saturated carbocycles. The lowest BCUT2D eigenvalue weighted by molar-refractivity contribution is 0.0950. The number of anilines is 1. The van der Waals surface area contributed by atoms with Gasteiger partial charge in [0.2, 0.25) is 0 Å². The molecule has 1 aromatic carbocycles. The monoisotopic (exact) mass is 390 g/mol. The summed E-state index contributed by atoms with van der Waals surface area (Å²) in [5.41, 5.74) is 3.31. The highest BCUT2D eigenvalue weighted by Gasteiger charge is 2.18. The molecule has 0 aliphatic heterocycles. The Morgan fingerprint density at radius 1 is 1.30 bits per heavy atom. The van der Waals surface area contributed by atoms with Crippen LogP contribution in [0, 0.1) is 20.8 Å². The molecule has 144 valence electrons. The molecule has 2 aromatic rings. The largest absolute Gasteiger partial charge is 0.348 e. The second-order valence-electron chi connectivity index (χ2n) is 6.27. The number of hydrogen-bond donors (Lipinski definition) is 4. The van der Waals surface area contributed by atoms with Crippen LogP contribution in [0.3, 0.4) is 0 Å². The van der Waals surface area contributed by atoms with E-state index in [1.165, 1.54) is 5.01 Å². The van der Waals surface area contributed by atoms with Gasteiger partial charge < -0.3 is 16.1 Å². The number of carbonyl (C=O) groups is 1. The van der Waals surface area contributed by atoms with Crippen molar-refractivity contribution < 1.29 is 4.79 Å². The summed E-state index contributed by atoms with van der Waals surface area (Å²) in [5.74, 6) is 11.2. The molecule has 0 saturated heterocycles. The van der Waals surface area contributed by atoms with E-state index in [1.807, 2.05) is 13.0 Å². The van der Waals surface area contributed by atoms with Crippen LogP contribution >= 0.6 is 11.6 Å². The lowest BCUT2D eigenvalue weighted by atomic mass is 10.0. The zero-order valence-electron chi connectivity index (χ0n) is 15.7. The third-order valence-corrected chi connectivity index (χ3v) is 4.52. The number of H-pyrrole nitrogens is 1. The zero-order chi connectivity index (χ0) is 20.3. The smallest absolute Gasteiger partial charge is 0.253 e. The van der Waals surface area contributed by atoms with Gasteiger partial charge in [-0.25, -0.2) is 5.84 Å². The second kappa shape index (κ2) is 8.24. The number of amides is 1. The number of hydrazine groups is 1. The minimum absolute atomic E-state index is 0.0944. The average Bonchev–Trinajstić information content (AvgIpc) is 2.60.